The van der Waals surface area contributed by atoms with Crippen molar-refractivity contribution in [3.63, 3.8) is 0 Å². The van der Waals surface area contributed by atoms with E-state index < -0.39 is 0 Å². The fourth-order valence-electron chi connectivity index (χ4n) is 3.00. The normalized spacial score (nSPS) is 13.5. The molecule has 1 aromatic carbocycles. The maximum atomic E-state index is 9.91. The van der Waals surface area contributed by atoms with Gasteiger partial charge in [-0.25, -0.2) is 5.10 Å². The van der Waals surface area contributed by atoms with Crippen molar-refractivity contribution in [3.8, 4) is 23.0 Å². The number of methoxy groups -OCH3 is 1. The number of nitrogens with one attached hydrogen (secondary N) is 2. The van der Waals surface area contributed by atoms with E-state index in [4.69, 9.17) is 17.0 Å². The van der Waals surface area contributed by atoms with E-state index in [0.717, 1.165) is 36.2 Å². The van der Waals surface area contributed by atoms with Gasteiger partial charge in [-0.1, -0.05) is 0 Å². The summed E-state index contributed by atoms with van der Waals surface area (Å²) < 4.78 is 7.58. The van der Waals surface area contributed by atoms with Crippen molar-refractivity contribution >= 4 is 34.4 Å². The number of hydrogen-bond donors (Lipinski definition) is 3. The molecule has 1 aliphatic carbocycles. The summed E-state index contributed by atoms with van der Waals surface area (Å²) >= 11 is 8.60. The molecule has 2 aromatic heterocycles. The van der Waals surface area contributed by atoms with E-state index in [1.165, 1.54) is 17.3 Å². The smallest absolute Gasteiger partial charge is 0.216 e. The summed E-state index contributed by atoms with van der Waals surface area (Å²) in [6.07, 6.45) is 4.69. The number of hydrogen-bond acceptors (Lipinski definition) is 6. The second-order valence-corrected chi connectivity index (χ2v) is 7.09. The molecule has 3 aromatic rings. The fraction of sp³-hybridized carbons (Fsp3) is 0.250. The molecular formula is C16H15BrN6O2S. The Morgan fingerprint density at radius 3 is 3.00 bits per heavy atom. The zero-order valence-corrected chi connectivity index (χ0v) is 16.2. The number of aromatic amines is 2. The summed E-state index contributed by atoms with van der Waals surface area (Å²) in [6, 6.07) is 3.41. The highest BCUT2D eigenvalue weighted by molar-refractivity contribution is 9.10. The van der Waals surface area contributed by atoms with Gasteiger partial charge in [-0.2, -0.15) is 20.0 Å². The van der Waals surface area contributed by atoms with Crippen molar-refractivity contribution in [2.45, 2.75) is 19.3 Å². The lowest BCUT2D eigenvalue weighted by molar-refractivity contribution is 0.372. The lowest BCUT2D eigenvalue weighted by Crippen LogP contribution is -1.97. The third-order valence-electron chi connectivity index (χ3n) is 4.26. The first-order valence-electron chi connectivity index (χ1n) is 7.93. The predicted molar refractivity (Wildman–Crippen MR) is 102 cm³/mol. The summed E-state index contributed by atoms with van der Waals surface area (Å²) in [4.78, 5) is 0. The molecule has 0 amide bonds. The van der Waals surface area contributed by atoms with E-state index in [0.29, 0.717) is 20.8 Å². The van der Waals surface area contributed by atoms with Gasteiger partial charge in [-0.15, -0.1) is 0 Å². The number of fused-ring (bicyclic) bond motifs is 1. The molecule has 1 aliphatic rings. The topological polar surface area (TPSA) is 104 Å². The van der Waals surface area contributed by atoms with Crippen LogP contribution in [0.25, 0.3) is 11.5 Å². The number of benzene rings is 1. The van der Waals surface area contributed by atoms with Crippen LogP contribution in [0.2, 0.25) is 0 Å². The Hall–Kier alpha value is -2.46. The van der Waals surface area contributed by atoms with Crippen LogP contribution in [0, 0.1) is 4.77 Å². The lowest BCUT2D eigenvalue weighted by atomic mass is 10.2. The van der Waals surface area contributed by atoms with Crippen LogP contribution in [0.4, 0.5) is 0 Å². The van der Waals surface area contributed by atoms with Gasteiger partial charge in [0.15, 0.2) is 11.5 Å². The zero-order chi connectivity index (χ0) is 18.3. The van der Waals surface area contributed by atoms with Gasteiger partial charge in [0.2, 0.25) is 10.6 Å². The Balaban J connectivity index is 1.74. The molecule has 0 saturated heterocycles. The number of aromatic nitrogens is 5. The molecule has 2 heterocycles. The number of phenolic OH excluding ortho intramolecular Hbond substituents is 1. The highest BCUT2D eigenvalue weighted by Crippen LogP contribution is 2.35. The molecule has 0 atom stereocenters. The average molecular weight is 435 g/mol. The van der Waals surface area contributed by atoms with Crippen molar-refractivity contribution < 1.29 is 9.84 Å². The first kappa shape index (κ1) is 17.0. The molecule has 26 heavy (non-hydrogen) atoms. The number of nitrogens with zero attached hydrogens (tertiary/aromatic N) is 4. The van der Waals surface area contributed by atoms with E-state index in [1.807, 2.05) is 0 Å². The molecule has 134 valence electrons. The Morgan fingerprint density at radius 1 is 1.35 bits per heavy atom. The van der Waals surface area contributed by atoms with Crippen molar-refractivity contribution in [3.05, 3.63) is 38.2 Å². The third kappa shape index (κ3) is 2.84. The summed E-state index contributed by atoms with van der Waals surface area (Å²) in [5.74, 6) is 0.953. The molecule has 8 nitrogen and oxygen atoms in total. The van der Waals surface area contributed by atoms with Crippen LogP contribution in [0.15, 0.2) is 21.7 Å². The second-order valence-electron chi connectivity index (χ2n) is 5.85. The van der Waals surface area contributed by atoms with E-state index >= 15 is 0 Å². The SMILES string of the molecule is COc1cc(/C=N/n2c(-c3n[nH]c4c3CCC4)n[nH]c2=S)cc(Br)c1O. The molecule has 0 spiro atoms. The van der Waals surface area contributed by atoms with Crippen molar-refractivity contribution in [2.24, 2.45) is 5.10 Å². The first-order valence-corrected chi connectivity index (χ1v) is 9.13. The van der Waals surface area contributed by atoms with Crippen LogP contribution >= 0.6 is 28.1 Å². The molecule has 0 bridgehead atoms. The van der Waals surface area contributed by atoms with Crippen LogP contribution in [-0.2, 0) is 12.8 Å². The number of aryl methyl sites for hydroxylation is 1. The van der Waals surface area contributed by atoms with Crippen LogP contribution < -0.4 is 4.74 Å². The van der Waals surface area contributed by atoms with Gasteiger partial charge in [0.05, 0.1) is 17.8 Å². The van der Waals surface area contributed by atoms with Gasteiger partial charge in [0.1, 0.15) is 5.69 Å². The molecule has 0 unspecified atom stereocenters. The van der Waals surface area contributed by atoms with Crippen LogP contribution in [-0.4, -0.2) is 43.5 Å². The van der Waals surface area contributed by atoms with Crippen molar-refractivity contribution in [1.82, 2.24) is 25.1 Å². The molecule has 10 heteroatoms. The Kier molecular flexibility index (Phi) is 4.37. The van der Waals surface area contributed by atoms with Crippen LogP contribution in [0.1, 0.15) is 23.2 Å². The summed E-state index contributed by atoms with van der Waals surface area (Å²) in [6.45, 7) is 0. The summed E-state index contributed by atoms with van der Waals surface area (Å²) in [7, 11) is 1.49. The number of halogens is 1. The van der Waals surface area contributed by atoms with Gasteiger partial charge in [0.25, 0.3) is 0 Å². The minimum absolute atomic E-state index is 0.0392. The van der Waals surface area contributed by atoms with Gasteiger partial charge >= 0.3 is 0 Å². The summed E-state index contributed by atoms with van der Waals surface area (Å²) in [5, 5.41) is 28.9. The van der Waals surface area contributed by atoms with Gasteiger partial charge in [-0.05, 0) is 65.1 Å². The molecule has 3 N–H and O–H groups in total. The first-order chi connectivity index (χ1) is 12.6. The maximum absolute atomic E-state index is 9.91. The number of phenols is 1. The Labute approximate surface area is 162 Å². The Morgan fingerprint density at radius 2 is 2.19 bits per heavy atom. The fourth-order valence-corrected chi connectivity index (χ4v) is 3.64. The number of H-pyrrole nitrogens is 2. The average Bonchev–Trinajstić information content (AvgIpc) is 3.32. The molecule has 0 fully saturated rings. The van der Waals surface area contributed by atoms with E-state index in [-0.39, 0.29) is 5.75 Å². The predicted octanol–water partition coefficient (Wildman–Crippen LogP) is 3.18. The molecule has 4 rings (SSSR count). The van der Waals surface area contributed by atoms with Crippen LogP contribution in [0.3, 0.4) is 0 Å². The third-order valence-corrected chi connectivity index (χ3v) is 5.13. The minimum atomic E-state index is 0.0392. The zero-order valence-electron chi connectivity index (χ0n) is 13.8. The van der Waals surface area contributed by atoms with Crippen LogP contribution in [0.5, 0.6) is 11.5 Å². The molecule has 0 radical (unpaired) electrons. The van der Waals surface area contributed by atoms with Gasteiger partial charge < -0.3 is 9.84 Å². The lowest BCUT2D eigenvalue weighted by Gasteiger charge is -2.06. The molecular weight excluding hydrogens is 420 g/mol. The standard InChI is InChI=1S/C16H15BrN6O2S/c1-25-12-6-8(5-10(17)14(12)24)7-18-23-15(21-22-16(23)26)13-9-3-2-4-11(9)19-20-13/h5-7,24H,2-4H2,1H3,(H,19,20)(H,22,26)/b18-7+. The second kappa shape index (κ2) is 6.69. The minimum Gasteiger partial charge on any atom is -0.503 e. The van der Waals surface area contributed by atoms with E-state index in [9.17, 15) is 5.11 Å². The van der Waals surface area contributed by atoms with Gasteiger partial charge in [0, 0.05) is 11.3 Å². The van der Waals surface area contributed by atoms with E-state index in [1.54, 1.807) is 18.3 Å². The van der Waals surface area contributed by atoms with Gasteiger partial charge in [-0.3, -0.25) is 5.10 Å². The highest BCUT2D eigenvalue weighted by Gasteiger charge is 2.23. The number of rotatable bonds is 4. The highest BCUT2D eigenvalue weighted by atomic mass is 79.9. The van der Waals surface area contributed by atoms with E-state index in [2.05, 4.69) is 41.4 Å². The molecule has 0 saturated carbocycles. The largest absolute Gasteiger partial charge is 0.503 e. The maximum Gasteiger partial charge on any atom is 0.216 e. The summed E-state index contributed by atoms with van der Waals surface area (Å²) in [5.41, 5.74) is 3.82. The quantitative estimate of drug-likeness (QED) is 0.432. The Bertz CT molecular complexity index is 1070. The number of ether oxygens (including phenoxy) is 1. The van der Waals surface area contributed by atoms with Crippen molar-refractivity contribution in [1.29, 1.82) is 0 Å². The molecule has 0 aliphatic heterocycles. The monoisotopic (exact) mass is 434 g/mol. The number of aromatic hydroxyl groups is 1. The van der Waals surface area contributed by atoms with Crippen molar-refractivity contribution in [2.75, 3.05) is 7.11 Å².